The van der Waals surface area contributed by atoms with Gasteiger partial charge in [-0.25, -0.2) is 0 Å². The molecule has 26 heavy (non-hydrogen) atoms. The molecule has 0 unspecified atom stereocenters. The van der Waals surface area contributed by atoms with Crippen molar-refractivity contribution in [2.45, 2.75) is 13.5 Å². The van der Waals surface area contributed by atoms with Gasteiger partial charge in [0.1, 0.15) is 5.69 Å². The zero-order valence-electron chi connectivity index (χ0n) is 14.7. The van der Waals surface area contributed by atoms with Crippen molar-refractivity contribution in [1.29, 1.82) is 0 Å². The monoisotopic (exact) mass is 351 g/mol. The lowest BCUT2D eigenvalue weighted by Gasteiger charge is -2.28. The fraction of sp³-hybridized carbons (Fsp3) is 0.316. The van der Waals surface area contributed by atoms with Crippen LogP contribution in [0.4, 0.5) is 0 Å². The van der Waals surface area contributed by atoms with E-state index in [1.165, 1.54) is 4.68 Å². The number of rotatable bonds is 3. The number of piperazine rings is 1. The van der Waals surface area contributed by atoms with Gasteiger partial charge in [-0.1, -0.05) is 18.2 Å². The molecule has 3 aliphatic rings. The van der Waals surface area contributed by atoms with Gasteiger partial charge in [-0.15, -0.1) is 0 Å². The van der Waals surface area contributed by atoms with Gasteiger partial charge in [0.15, 0.2) is 0 Å². The van der Waals surface area contributed by atoms with Gasteiger partial charge in [0, 0.05) is 45.1 Å². The van der Waals surface area contributed by atoms with Crippen molar-refractivity contribution < 1.29 is 4.79 Å². The normalized spacial score (nSPS) is 14.7. The molecule has 0 spiro atoms. The number of pyridine rings is 1. The number of aryl methyl sites for hydroxylation is 1. The van der Waals surface area contributed by atoms with Crippen LogP contribution in [0, 0.1) is 0 Å². The Morgan fingerprint density at radius 1 is 1.15 bits per heavy atom. The molecule has 0 aromatic heterocycles. The zero-order chi connectivity index (χ0) is 18.1. The molecule has 1 N–H and O–H groups in total. The van der Waals surface area contributed by atoms with E-state index < -0.39 is 0 Å². The van der Waals surface area contributed by atoms with Crippen molar-refractivity contribution in [3.05, 3.63) is 58.6 Å². The molecule has 1 saturated heterocycles. The second kappa shape index (κ2) is 6.76. The Bertz CT molecular complexity index is 954. The SMILES string of the molecule is CCn1cc(C(=O)N2CCNCC2)c2nn(-c3ccccc3)c(=O)c-2c1. The summed E-state index contributed by atoms with van der Waals surface area (Å²) in [4.78, 5) is 27.8. The van der Waals surface area contributed by atoms with Crippen molar-refractivity contribution in [1.82, 2.24) is 24.6 Å². The summed E-state index contributed by atoms with van der Waals surface area (Å²) in [7, 11) is 0. The average molecular weight is 351 g/mol. The molecule has 1 aromatic carbocycles. The van der Waals surface area contributed by atoms with E-state index in [0.29, 0.717) is 42.1 Å². The van der Waals surface area contributed by atoms with Gasteiger partial charge in [0.05, 0.1) is 16.8 Å². The number of nitrogens with one attached hydrogen (secondary N) is 1. The highest BCUT2D eigenvalue weighted by Gasteiger charge is 2.27. The predicted molar refractivity (Wildman–Crippen MR) is 98.9 cm³/mol. The number of nitrogens with zero attached hydrogens (tertiary/aromatic N) is 4. The summed E-state index contributed by atoms with van der Waals surface area (Å²) in [5.41, 5.74) is 1.91. The third kappa shape index (κ3) is 2.80. The lowest BCUT2D eigenvalue weighted by molar-refractivity contribution is 0.0735. The second-order valence-electron chi connectivity index (χ2n) is 6.36. The van der Waals surface area contributed by atoms with Gasteiger partial charge in [-0.05, 0) is 19.1 Å². The first-order valence-corrected chi connectivity index (χ1v) is 8.87. The van der Waals surface area contributed by atoms with Gasteiger partial charge >= 0.3 is 0 Å². The van der Waals surface area contributed by atoms with Gasteiger partial charge in [0.25, 0.3) is 11.5 Å². The first kappa shape index (κ1) is 16.5. The molecule has 0 saturated carbocycles. The molecule has 1 aromatic rings. The van der Waals surface area contributed by atoms with Crippen molar-refractivity contribution in [3.8, 4) is 16.9 Å². The standard InChI is InChI=1S/C19H21N5O2/c1-2-22-12-15(18(25)23-10-8-20-9-11-23)17-16(13-22)19(26)24(21-17)14-6-4-3-5-7-14/h3-7,12-13,20H,2,8-11H2,1H3. The third-order valence-corrected chi connectivity index (χ3v) is 4.72. The highest BCUT2D eigenvalue weighted by atomic mass is 16.2. The predicted octanol–water partition coefficient (Wildman–Crippen LogP) is 1.20. The van der Waals surface area contributed by atoms with Crippen LogP contribution >= 0.6 is 0 Å². The van der Waals surface area contributed by atoms with Crippen LogP contribution in [-0.2, 0) is 6.54 Å². The van der Waals surface area contributed by atoms with E-state index in [4.69, 9.17) is 0 Å². The van der Waals surface area contributed by atoms with E-state index >= 15 is 0 Å². The zero-order valence-corrected chi connectivity index (χ0v) is 14.7. The first-order valence-electron chi connectivity index (χ1n) is 8.87. The Morgan fingerprint density at radius 3 is 2.58 bits per heavy atom. The summed E-state index contributed by atoms with van der Waals surface area (Å²) in [6.45, 7) is 5.53. The highest BCUT2D eigenvalue weighted by Crippen LogP contribution is 2.23. The summed E-state index contributed by atoms with van der Waals surface area (Å²) >= 11 is 0. The molecule has 0 aliphatic carbocycles. The maximum Gasteiger partial charge on any atom is 0.282 e. The quantitative estimate of drug-likeness (QED) is 0.770. The van der Waals surface area contributed by atoms with Crippen LogP contribution in [-0.4, -0.2) is 51.3 Å². The molecule has 0 bridgehead atoms. The highest BCUT2D eigenvalue weighted by molar-refractivity contribution is 6.00. The lowest BCUT2D eigenvalue weighted by Crippen LogP contribution is -2.46. The summed E-state index contributed by atoms with van der Waals surface area (Å²) in [6.07, 6.45) is 3.58. The fourth-order valence-electron chi connectivity index (χ4n) is 3.28. The molecule has 0 radical (unpaired) electrons. The number of para-hydroxylation sites is 1. The number of hydrogen-bond donors (Lipinski definition) is 1. The molecule has 134 valence electrons. The van der Waals surface area contributed by atoms with Crippen LogP contribution < -0.4 is 10.9 Å². The molecular weight excluding hydrogens is 330 g/mol. The smallest absolute Gasteiger partial charge is 0.282 e. The second-order valence-corrected chi connectivity index (χ2v) is 6.36. The van der Waals surface area contributed by atoms with Crippen LogP contribution in [0.25, 0.3) is 16.9 Å². The molecule has 1 amide bonds. The van der Waals surface area contributed by atoms with Crippen molar-refractivity contribution in [2.75, 3.05) is 26.2 Å². The van der Waals surface area contributed by atoms with Gasteiger partial charge in [0.2, 0.25) is 0 Å². The fourth-order valence-corrected chi connectivity index (χ4v) is 3.28. The summed E-state index contributed by atoms with van der Waals surface area (Å²) in [5.74, 6) is -0.0722. The average Bonchev–Trinajstić information content (AvgIpc) is 3.04. The minimum absolute atomic E-state index is 0.0722. The third-order valence-electron chi connectivity index (χ3n) is 4.72. The summed E-state index contributed by atoms with van der Waals surface area (Å²) < 4.78 is 3.25. The van der Waals surface area contributed by atoms with E-state index in [1.807, 2.05) is 46.7 Å². The molecule has 7 heteroatoms. The lowest BCUT2D eigenvalue weighted by atomic mass is 10.1. The maximum atomic E-state index is 13.1. The number of benzene rings is 1. The van der Waals surface area contributed by atoms with Crippen molar-refractivity contribution >= 4 is 5.91 Å². The van der Waals surface area contributed by atoms with Crippen molar-refractivity contribution in [3.63, 3.8) is 0 Å². The Balaban J connectivity index is 1.87. The van der Waals surface area contributed by atoms with E-state index in [2.05, 4.69) is 10.4 Å². The Hall–Kier alpha value is -2.93. The van der Waals surface area contributed by atoms with E-state index in [9.17, 15) is 9.59 Å². The molecule has 3 aliphatic heterocycles. The number of hydrogen-bond acceptors (Lipinski definition) is 4. The number of amides is 1. The van der Waals surface area contributed by atoms with E-state index in [0.717, 1.165) is 13.1 Å². The minimum atomic E-state index is -0.205. The van der Waals surface area contributed by atoms with Gasteiger partial charge < -0.3 is 14.8 Å². The van der Waals surface area contributed by atoms with Gasteiger partial charge in [-0.3, -0.25) is 9.59 Å². The Kier molecular flexibility index (Phi) is 4.30. The maximum absolute atomic E-state index is 13.1. The molecule has 4 rings (SSSR count). The van der Waals surface area contributed by atoms with Crippen LogP contribution in [0.1, 0.15) is 17.3 Å². The molecular formula is C19H21N5O2. The molecule has 1 fully saturated rings. The molecule has 7 nitrogen and oxygen atoms in total. The van der Waals surface area contributed by atoms with Crippen LogP contribution in [0.5, 0.6) is 0 Å². The molecule has 0 atom stereocenters. The minimum Gasteiger partial charge on any atom is -0.353 e. The topological polar surface area (TPSA) is 72.2 Å². The van der Waals surface area contributed by atoms with Crippen LogP contribution in [0.3, 0.4) is 0 Å². The summed E-state index contributed by atoms with van der Waals surface area (Å²) in [5, 5.41) is 7.75. The number of carbonyl (C=O) groups excluding carboxylic acids is 1. The van der Waals surface area contributed by atoms with Crippen LogP contribution in [0.2, 0.25) is 0 Å². The van der Waals surface area contributed by atoms with E-state index in [-0.39, 0.29) is 11.5 Å². The van der Waals surface area contributed by atoms with E-state index in [1.54, 1.807) is 12.4 Å². The van der Waals surface area contributed by atoms with Gasteiger partial charge in [-0.2, -0.15) is 9.78 Å². The Morgan fingerprint density at radius 2 is 1.88 bits per heavy atom. The first-order chi connectivity index (χ1) is 12.7. The number of fused-ring (bicyclic) bond motifs is 1. The number of carbonyl (C=O) groups is 1. The van der Waals surface area contributed by atoms with Crippen molar-refractivity contribution in [2.24, 2.45) is 0 Å². The number of aromatic nitrogens is 3. The summed E-state index contributed by atoms with van der Waals surface area (Å²) in [6, 6.07) is 9.28. The largest absolute Gasteiger partial charge is 0.353 e. The van der Waals surface area contributed by atoms with Crippen LogP contribution in [0.15, 0.2) is 47.5 Å². The molecule has 3 heterocycles. The Labute approximate surface area is 151 Å².